The number of hydrogen-bond acceptors (Lipinski definition) is 7. The highest BCUT2D eigenvalue weighted by atomic mass is 16.5. The molecule has 2 fully saturated rings. The Morgan fingerprint density at radius 3 is 2.37 bits per heavy atom. The first-order valence-electron chi connectivity index (χ1n) is 12.1. The number of carbonyl (C=O) groups excluding carboxylic acids is 1. The van der Waals surface area contributed by atoms with Crippen LogP contribution in [0.15, 0.2) is 40.4 Å². The fourth-order valence-corrected chi connectivity index (χ4v) is 5.21. The van der Waals surface area contributed by atoms with E-state index in [2.05, 4.69) is 14.9 Å². The van der Waals surface area contributed by atoms with Crippen LogP contribution < -0.4 is 16.0 Å². The Morgan fingerprint density at radius 1 is 1.00 bits per heavy atom. The van der Waals surface area contributed by atoms with Crippen LogP contribution in [0.3, 0.4) is 0 Å². The standard InChI is InChI=1S/C24H31N7O4/c1-27-22-21(23(33)28(2)24(27)34)31(16-26-22)15-20(32)30-11-5-17(6-12-30)29-13-7-19(8-14-29)35-18-3-9-25-10-4-18/h3-4,9-10,16-17,19H,5-8,11-15H2,1-2H3. The van der Waals surface area contributed by atoms with Crippen molar-refractivity contribution in [3.63, 3.8) is 0 Å². The van der Waals surface area contributed by atoms with Gasteiger partial charge in [-0.05, 0) is 37.8 Å². The van der Waals surface area contributed by atoms with E-state index in [0.29, 0.717) is 24.8 Å². The average molecular weight is 482 g/mol. The van der Waals surface area contributed by atoms with E-state index in [1.54, 1.807) is 24.0 Å². The fraction of sp³-hybridized carbons (Fsp3) is 0.542. The minimum Gasteiger partial charge on any atom is -0.490 e. The van der Waals surface area contributed by atoms with Gasteiger partial charge in [-0.25, -0.2) is 9.78 Å². The van der Waals surface area contributed by atoms with Crippen molar-refractivity contribution >= 4 is 17.1 Å². The zero-order valence-corrected chi connectivity index (χ0v) is 20.2. The van der Waals surface area contributed by atoms with Crippen LogP contribution in [0.5, 0.6) is 5.75 Å². The maximum absolute atomic E-state index is 13.0. The van der Waals surface area contributed by atoms with Crippen LogP contribution in [-0.4, -0.2) is 77.7 Å². The molecule has 3 aromatic heterocycles. The molecule has 0 aliphatic carbocycles. The number of aromatic nitrogens is 5. The molecule has 0 bridgehead atoms. The summed E-state index contributed by atoms with van der Waals surface area (Å²) in [4.78, 5) is 50.4. The fourth-order valence-electron chi connectivity index (χ4n) is 5.21. The van der Waals surface area contributed by atoms with E-state index in [4.69, 9.17) is 4.74 Å². The Bertz CT molecular complexity index is 1310. The van der Waals surface area contributed by atoms with Crippen LogP contribution in [0.25, 0.3) is 11.2 Å². The third-order valence-electron chi connectivity index (χ3n) is 7.29. The first-order chi connectivity index (χ1) is 16.9. The predicted molar refractivity (Wildman–Crippen MR) is 129 cm³/mol. The van der Waals surface area contributed by atoms with E-state index >= 15 is 0 Å². The summed E-state index contributed by atoms with van der Waals surface area (Å²) >= 11 is 0. The van der Waals surface area contributed by atoms with Gasteiger partial charge in [-0.3, -0.25) is 28.6 Å². The van der Waals surface area contributed by atoms with E-state index in [9.17, 15) is 14.4 Å². The summed E-state index contributed by atoms with van der Waals surface area (Å²) < 4.78 is 10.0. The number of hydrogen-bond donors (Lipinski definition) is 0. The Morgan fingerprint density at radius 2 is 1.69 bits per heavy atom. The molecular formula is C24H31N7O4. The normalized spacial score (nSPS) is 18.3. The molecular weight excluding hydrogens is 450 g/mol. The summed E-state index contributed by atoms with van der Waals surface area (Å²) in [5, 5.41) is 0. The van der Waals surface area contributed by atoms with Crippen LogP contribution >= 0.6 is 0 Å². The third kappa shape index (κ3) is 4.60. The van der Waals surface area contributed by atoms with Crippen LogP contribution in [0.1, 0.15) is 25.7 Å². The maximum atomic E-state index is 13.0. The number of pyridine rings is 1. The Labute approximate surface area is 202 Å². The molecule has 1 amide bonds. The van der Waals surface area contributed by atoms with E-state index in [-0.39, 0.29) is 24.1 Å². The van der Waals surface area contributed by atoms with Crippen molar-refractivity contribution in [2.75, 3.05) is 26.2 Å². The molecule has 186 valence electrons. The molecule has 2 aliphatic rings. The number of rotatable bonds is 5. The molecule has 11 heteroatoms. The van der Waals surface area contributed by atoms with Gasteiger partial charge in [0.2, 0.25) is 5.91 Å². The van der Waals surface area contributed by atoms with E-state index in [1.807, 2.05) is 17.0 Å². The molecule has 5 rings (SSSR count). The van der Waals surface area contributed by atoms with Gasteiger partial charge < -0.3 is 14.2 Å². The predicted octanol–water partition coefficient (Wildman–Crippen LogP) is 0.363. The summed E-state index contributed by atoms with van der Waals surface area (Å²) in [5.74, 6) is 0.833. The first-order valence-corrected chi connectivity index (χ1v) is 12.1. The molecule has 0 spiro atoms. The third-order valence-corrected chi connectivity index (χ3v) is 7.29. The van der Waals surface area contributed by atoms with Crippen LogP contribution in [-0.2, 0) is 25.4 Å². The van der Waals surface area contributed by atoms with Gasteiger partial charge in [-0.2, -0.15) is 0 Å². The lowest BCUT2D eigenvalue weighted by Crippen LogP contribution is -2.50. The number of imidazole rings is 1. The van der Waals surface area contributed by atoms with Crippen molar-refractivity contribution in [1.82, 2.24) is 33.5 Å². The summed E-state index contributed by atoms with van der Waals surface area (Å²) in [7, 11) is 3.00. The molecule has 11 nitrogen and oxygen atoms in total. The average Bonchev–Trinajstić information content (AvgIpc) is 3.31. The van der Waals surface area contributed by atoms with Crippen molar-refractivity contribution in [3.05, 3.63) is 51.7 Å². The van der Waals surface area contributed by atoms with Crippen molar-refractivity contribution in [3.8, 4) is 5.75 Å². The van der Waals surface area contributed by atoms with Gasteiger partial charge in [0, 0.05) is 58.7 Å². The van der Waals surface area contributed by atoms with Crippen molar-refractivity contribution in [1.29, 1.82) is 0 Å². The Hall–Kier alpha value is -3.47. The number of aryl methyl sites for hydroxylation is 1. The number of piperidine rings is 2. The van der Waals surface area contributed by atoms with Gasteiger partial charge in [0.05, 0.1) is 6.33 Å². The number of amides is 1. The minimum absolute atomic E-state index is 0.0341. The quantitative estimate of drug-likeness (QED) is 0.518. The molecule has 0 unspecified atom stereocenters. The number of carbonyl (C=O) groups is 1. The SMILES string of the molecule is Cn1c(=O)c2c(ncn2CC(=O)N2CCC(N3CCC(Oc4ccncc4)CC3)CC2)n(C)c1=O. The molecule has 0 atom stereocenters. The first kappa shape index (κ1) is 23.3. The second-order valence-corrected chi connectivity index (χ2v) is 9.40. The molecule has 0 aromatic carbocycles. The summed E-state index contributed by atoms with van der Waals surface area (Å²) in [6.45, 7) is 3.42. The Kier molecular flexibility index (Phi) is 6.42. The lowest BCUT2D eigenvalue weighted by Gasteiger charge is -2.41. The molecule has 5 heterocycles. The van der Waals surface area contributed by atoms with E-state index in [0.717, 1.165) is 49.1 Å². The van der Waals surface area contributed by atoms with Crippen LogP contribution in [0.2, 0.25) is 0 Å². The molecule has 2 saturated heterocycles. The van der Waals surface area contributed by atoms with Gasteiger partial charge in [0.15, 0.2) is 11.2 Å². The number of nitrogens with zero attached hydrogens (tertiary/aromatic N) is 7. The van der Waals surface area contributed by atoms with Crippen LogP contribution in [0.4, 0.5) is 0 Å². The molecule has 2 aliphatic heterocycles. The Balaban J connectivity index is 1.15. The zero-order chi connectivity index (χ0) is 24.5. The second kappa shape index (κ2) is 9.65. The van der Waals surface area contributed by atoms with Gasteiger partial charge >= 0.3 is 5.69 Å². The summed E-state index contributed by atoms with van der Waals surface area (Å²) in [6.07, 6.45) is 9.04. The van der Waals surface area contributed by atoms with E-state index < -0.39 is 11.2 Å². The summed E-state index contributed by atoms with van der Waals surface area (Å²) in [6, 6.07) is 4.26. The molecule has 35 heavy (non-hydrogen) atoms. The molecule has 0 saturated carbocycles. The molecule has 0 radical (unpaired) electrons. The zero-order valence-electron chi connectivity index (χ0n) is 20.2. The molecule has 0 N–H and O–H groups in total. The second-order valence-electron chi connectivity index (χ2n) is 9.40. The smallest absolute Gasteiger partial charge is 0.332 e. The van der Waals surface area contributed by atoms with Gasteiger partial charge in [0.25, 0.3) is 5.56 Å². The summed E-state index contributed by atoms with van der Waals surface area (Å²) in [5.41, 5.74) is -0.312. The highest BCUT2D eigenvalue weighted by Gasteiger charge is 2.30. The lowest BCUT2D eigenvalue weighted by atomic mass is 9.98. The number of ether oxygens (including phenoxy) is 1. The topological polar surface area (TPSA) is 107 Å². The van der Waals surface area contributed by atoms with E-state index in [1.165, 1.54) is 17.9 Å². The van der Waals surface area contributed by atoms with Crippen molar-refractivity contribution in [2.45, 2.75) is 44.4 Å². The maximum Gasteiger partial charge on any atom is 0.332 e. The number of fused-ring (bicyclic) bond motifs is 1. The van der Waals surface area contributed by atoms with Crippen molar-refractivity contribution in [2.24, 2.45) is 14.1 Å². The minimum atomic E-state index is -0.441. The monoisotopic (exact) mass is 481 g/mol. The number of likely N-dealkylation sites (tertiary alicyclic amines) is 2. The van der Waals surface area contributed by atoms with Gasteiger partial charge in [0.1, 0.15) is 18.4 Å². The highest BCUT2D eigenvalue weighted by molar-refractivity contribution is 5.79. The highest BCUT2D eigenvalue weighted by Crippen LogP contribution is 2.24. The van der Waals surface area contributed by atoms with Gasteiger partial charge in [-0.15, -0.1) is 0 Å². The lowest BCUT2D eigenvalue weighted by molar-refractivity contribution is -0.133. The largest absolute Gasteiger partial charge is 0.490 e. The molecule has 3 aromatic rings. The van der Waals surface area contributed by atoms with Gasteiger partial charge in [-0.1, -0.05) is 0 Å². The van der Waals surface area contributed by atoms with Crippen molar-refractivity contribution < 1.29 is 9.53 Å². The van der Waals surface area contributed by atoms with Crippen LogP contribution in [0, 0.1) is 0 Å².